The molecule has 18 heavy (non-hydrogen) atoms. The van der Waals surface area contributed by atoms with Gasteiger partial charge in [-0.15, -0.1) is 0 Å². The average Bonchev–Trinajstić information content (AvgIpc) is 2.30. The minimum Gasteiger partial charge on any atom is -0.383 e. The van der Waals surface area contributed by atoms with Crippen molar-refractivity contribution in [1.82, 2.24) is 4.90 Å². The fraction of sp³-hybridized carbons (Fsp3) is 0.538. The van der Waals surface area contributed by atoms with Gasteiger partial charge in [0.25, 0.3) is 0 Å². The summed E-state index contributed by atoms with van der Waals surface area (Å²) in [6.07, 6.45) is 2.54. The van der Waals surface area contributed by atoms with Crippen LogP contribution in [-0.4, -0.2) is 31.6 Å². The number of halogens is 3. The Balaban J connectivity index is 1.94. The third-order valence-corrected chi connectivity index (χ3v) is 4.88. The fourth-order valence-electron chi connectivity index (χ4n) is 2.22. The first-order valence-corrected chi connectivity index (χ1v) is 8.09. The number of piperidine rings is 1. The van der Waals surface area contributed by atoms with Crippen LogP contribution in [0.1, 0.15) is 12.8 Å². The second kappa shape index (κ2) is 6.60. The van der Waals surface area contributed by atoms with E-state index in [-0.39, 0.29) is 0 Å². The maximum atomic E-state index is 5.99. The zero-order chi connectivity index (χ0) is 13.1. The van der Waals surface area contributed by atoms with Gasteiger partial charge in [0.1, 0.15) is 0 Å². The van der Waals surface area contributed by atoms with Gasteiger partial charge in [0.15, 0.2) is 0 Å². The van der Waals surface area contributed by atoms with E-state index >= 15 is 0 Å². The lowest BCUT2D eigenvalue weighted by Gasteiger charge is -2.29. The van der Waals surface area contributed by atoms with Crippen molar-refractivity contribution in [3.63, 3.8) is 0 Å². The first-order valence-electron chi connectivity index (χ1n) is 6.13. The summed E-state index contributed by atoms with van der Waals surface area (Å²) in [5, 5.41) is 4.26. The Morgan fingerprint density at radius 2 is 1.83 bits per heavy atom. The van der Waals surface area contributed by atoms with Crippen LogP contribution in [0, 0.1) is 5.92 Å². The van der Waals surface area contributed by atoms with Crippen LogP contribution in [0.3, 0.4) is 0 Å². The summed E-state index contributed by atoms with van der Waals surface area (Å²) in [5.41, 5.74) is 1.10. The molecule has 1 N–H and O–H groups in total. The van der Waals surface area contributed by atoms with Crippen LogP contribution in [0.2, 0.25) is 5.02 Å². The normalized spacial score (nSPS) is 18.0. The number of hydrogen-bond acceptors (Lipinski definition) is 2. The van der Waals surface area contributed by atoms with E-state index < -0.39 is 0 Å². The van der Waals surface area contributed by atoms with Crippen LogP contribution < -0.4 is 5.32 Å². The van der Waals surface area contributed by atoms with E-state index in [9.17, 15) is 0 Å². The second-order valence-electron chi connectivity index (χ2n) is 4.87. The number of nitrogens with one attached hydrogen (secondary N) is 1. The first-order chi connectivity index (χ1) is 8.56. The highest BCUT2D eigenvalue weighted by Gasteiger charge is 2.17. The van der Waals surface area contributed by atoms with Crippen LogP contribution in [0.15, 0.2) is 21.1 Å². The second-order valence-corrected chi connectivity index (χ2v) is 7.02. The molecular formula is C13H17Br2ClN2. The van der Waals surface area contributed by atoms with Crippen LogP contribution >= 0.6 is 43.5 Å². The molecule has 0 saturated carbocycles. The lowest BCUT2D eigenvalue weighted by atomic mass is 9.97. The van der Waals surface area contributed by atoms with Gasteiger partial charge in [-0.05, 0) is 82.9 Å². The molecule has 1 heterocycles. The molecule has 0 spiro atoms. The minimum absolute atomic E-state index is 0.735. The summed E-state index contributed by atoms with van der Waals surface area (Å²) in [4.78, 5) is 2.39. The Labute approximate surface area is 130 Å². The van der Waals surface area contributed by atoms with Gasteiger partial charge in [0, 0.05) is 20.5 Å². The molecule has 100 valence electrons. The van der Waals surface area contributed by atoms with Crippen molar-refractivity contribution in [1.29, 1.82) is 0 Å². The summed E-state index contributed by atoms with van der Waals surface area (Å²) in [6.45, 7) is 3.43. The monoisotopic (exact) mass is 394 g/mol. The van der Waals surface area contributed by atoms with Crippen molar-refractivity contribution in [2.75, 3.05) is 32.0 Å². The lowest BCUT2D eigenvalue weighted by molar-refractivity contribution is 0.226. The minimum atomic E-state index is 0.735. The predicted molar refractivity (Wildman–Crippen MR) is 85.6 cm³/mol. The van der Waals surface area contributed by atoms with Gasteiger partial charge >= 0.3 is 0 Å². The number of likely N-dealkylation sites (tertiary alicyclic amines) is 1. The molecule has 1 aromatic carbocycles. The van der Waals surface area contributed by atoms with E-state index in [0.29, 0.717) is 0 Å². The molecule has 0 aliphatic carbocycles. The number of hydrogen-bond donors (Lipinski definition) is 1. The molecule has 0 bridgehead atoms. The fourth-order valence-corrected chi connectivity index (χ4v) is 4.17. The van der Waals surface area contributed by atoms with E-state index in [1.807, 2.05) is 12.1 Å². The van der Waals surface area contributed by atoms with Crippen LogP contribution in [0.5, 0.6) is 0 Å². The Hall–Kier alpha value is 0.230. The summed E-state index contributed by atoms with van der Waals surface area (Å²) < 4.78 is 2.02. The van der Waals surface area contributed by atoms with Gasteiger partial charge in [0.2, 0.25) is 0 Å². The number of anilines is 1. The van der Waals surface area contributed by atoms with Gasteiger partial charge in [-0.3, -0.25) is 0 Å². The zero-order valence-corrected chi connectivity index (χ0v) is 14.3. The molecule has 0 atom stereocenters. The highest BCUT2D eigenvalue weighted by atomic mass is 79.9. The van der Waals surface area contributed by atoms with Crippen molar-refractivity contribution < 1.29 is 0 Å². The van der Waals surface area contributed by atoms with Crippen LogP contribution in [0.25, 0.3) is 0 Å². The summed E-state index contributed by atoms with van der Waals surface area (Å²) in [5.74, 6) is 0.760. The maximum Gasteiger partial charge on any atom is 0.0630 e. The van der Waals surface area contributed by atoms with Crippen molar-refractivity contribution in [2.24, 2.45) is 5.92 Å². The first kappa shape index (κ1) is 14.6. The molecule has 1 fully saturated rings. The third-order valence-electron chi connectivity index (χ3n) is 3.41. The standard InChI is InChI=1S/C13H17Br2ClN2/c1-18-4-2-9(3-5-18)8-17-13-11(14)6-10(16)7-12(13)15/h6-7,9,17H,2-5,8H2,1H3. The molecule has 1 saturated heterocycles. The molecule has 5 heteroatoms. The topological polar surface area (TPSA) is 15.3 Å². The van der Waals surface area contributed by atoms with Crippen molar-refractivity contribution in [3.05, 3.63) is 26.1 Å². The maximum absolute atomic E-state index is 5.99. The predicted octanol–water partition coefficient (Wildman–Crippen LogP) is 4.62. The van der Waals surface area contributed by atoms with Crippen molar-refractivity contribution >= 4 is 49.1 Å². The molecular weight excluding hydrogens is 379 g/mol. The van der Waals surface area contributed by atoms with Crippen molar-refractivity contribution in [2.45, 2.75) is 12.8 Å². The molecule has 1 aliphatic rings. The highest BCUT2D eigenvalue weighted by molar-refractivity contribution is 9.11. The van der Waals surface area contributed by atoms with Crippen LogP contribution in [0.4, 0.5) is 5.69 Å². The highest BCUT2D eigenvalue weighted by Crippen LogP contribution is 2.34. The van der Waals surface area contributed by atoms with Gasteiger partial charge in [-0.25, -0.2) is 0 Å². The average molecular weight is 397 g/mol. The van der Waals surface area contributed by atoms with Crippen molar-refractivity contribution in [3.8, 4) is 0 Å². The summed E-state index contributed by atoms with van der Waals surface area (Å²) in [6, 6.07) is 3.84. The summed E-state index contributed by atoms with van der Waals surface area (Å²) in [7, 11) is 2.19. The number of nitrogens with zero attached hydrogens (tertiary/aromatic N) is 1. The van der Waals surface area contributed by atoms with Gasteiger partial charge in [0.05, 0.1) is 5.69 Å². The molecule has 0 aromatic heterocycles. The molecule has 0 amide bonds. The van der Waals surface area contributed by atoms with E-state index in [0.717, 1.165) is 32.1 Å². The van der Waals surface area contributed by atoms with Gasteiger partial charge < -0.3 is 10.2 Å². The van der Waals surface area contributed by atoms with E-state index in [4.69, 9.17) is 11.6 Å². The quantitative estimate of drug-likeness (QED) is 0.802. The van der Waals surface area contributed by atoms with Gasteiger partial charge in [-0.1, -0.05) is 11.6 Å². The summed E-state index contributed by atoms with van der Waals surface area (Å²) >= 11 is 13.1. The molecule has 2 nitrogen and oxygen atoms in total. The molecule has 2 rings (SSSR count). The van der Waals surface area contributed by atoms with E-state index in [1.54, 1.807) is 0 Å². The molecule has 0 unspecified atom stereocenters. The van der Waals surface area contributed by atoms with Gasteiger partial charge in [-0.2, -0.15) is 0 Å². The Bertz CT molecular complexity index is 394. The van der Waals surface area contributed by atoms with E-state index in [2.05, 4.69) is 49.1 Å². The largest absolute Gasteiger partial charge is 0.383 e. The lowest BCUT2D eigenvalue weighted by Crippen LogP contribution is -2.33. The third kappa shape index (κ3) is 3.86. The molecule has 1 aliphatic heterocycles. The van der Waals surface area contributed by atoms with Crippen LogP contribution in [-0.2, 0) is 0 Å². The molecule has 0 radical (unpaired) electrons. The SMILES string of the molecule is CN1CCC(CNc2c(Br)cc(Cl)cc2Br)CC1. The Kier molecular flexibility index (Phi) is 5.36. The Morgan fingerprint density at radius 3 is 2.39 bits per heavy atom. The zero-order valence-electron chi connectivity index (χ0n) is 10.3. The van der Waals surface area contributed by atoms with E-state index in [1.165, 1.54) is 25.9 Å². The smallest absolute Gasteiger partial charge is 0.0630 e. The number of rotatable bonds is 3. The molecule has 1 aromatic rings. The Morgan fingerprint density at radius 1 is 1.28 bits per heavy atom. The number of benzene rings is 1.